The Kier molecular flexibility index (Phi) is 3.99. The third kappa shape index (κ3) is 2.64. The number of carbonyl (C=O) groups excluding carboxylic acids is 1. The van der Waals surface area contributed by atoms with Crippen molar-refractivity contribution in [1.29, 1.82) is 0 Å². The first-order valence-corrected chi connectivity index (χ1v) is 7.01. The van der Waals surface area contributed by atoms with Crippen molar-refractivity contribution >= 4 is 23.3 Å². The van der Waals surface area contributed by atoms with Gasteiger partial charge in [0.05, 0.1) is 18.3 Å². The van der Waals surface area contributed by atoms with E-state index in [-0.39, 0.29) is 16.3 Å². The summed E-state index contributed by atoms with van der Waals surface area (Å²) in [7, 11) is 1.17. The summed E-state index contributed by atoms with van der Waals surface area (Å²) in [5.74, 6) is -0.0755. The van der Waals surface area contributed by atoms with Crippen LogP contribution >= 0.6 is 11.6 Å². The number of methoxy groups -OCH3 is 1. The molecule has 3 heterocycles. The zero-order chi connectivity index (χ0) is 16.4. The van der Waals surface area contributed by atoms with Crippen LogP contribution in [0.3, 0.4) is 0 Å². The number of aromatic nitrogens is 2. The zero-order valence-corrected chi connectivity index (χ0v) is 12.8. The lowest BCUT2D eigenvalue weighted by Crippen LogP contribution is -2.20. The van der Waals surface area contributed by atoms with E-state index in [1.54, 1.807) is 42.6 Å². The summed E-state index contributed by atoms with van der Waals surface area (Å²) >= 11 is 6.35. The fraction of sp³-hybridized carbons (Fsp3) is 0.0625. The van der Waals surface area contributed by atoms with E-state index in [2.05, 4.69) is 9.72 Å². The largest absolute Gasteiger partial charge is 0.513 e. The van der Waals surface area contributed by atoms with Gasteiger partial charge in [-0.25, -0.2) is 4.79 Å². The Morgan fingerprint density at radius 1 is 1.22 bits per heavy atom. The van der Waals surface area contributed by atoms with E-state index in [0.717, 1.165) is 0 Å². The monoisotopic (exact) mass is 330 g/mol. The van der Waals surface area contributed by atoms with Crippen molar-refractivity contribution in [3.05, 3.63) is 64.2 Å². The molecule has 0 aliphatic carbocycles. The molecule has 0 spiro atoms. The van der Waals surface area contributed by atoms with Crippen LogP contribution in [0.2, 0.25) is 5.02 Å². The molecule has 0 aliphatic heterocycles. The van der Waals surface area contributed by atoms with E-state index >= 15 is 0 Å². The van der Waals surface area contributed by atoms with Crippen LogP contribution in [-0.2, 0) is 4.74 Å². The summed E-state index contributed by atoms with van der Waals surface area (Å²) in [5.41, 5.74) is 0.446. The number of ether oxygens (including phenoxy) is 2. The van der Waals surface area contributed by atoms with Gasteiger partial charge in [0.2, 0.25) is 0 Å². The van der Waals surface area contributed by atoms with Crippen LogP contribution in [0.25, 0.3) is 16.8 Å². The quantitative estimate of drug-likeness (QED) is 0.675. The maximum absolute atomic E-state index is 12.8. The molecule has 3 rings (SSSR count). The molecular formula is C16H11ClN2O4. The topological polar surface area (TPSA) is 69.9 Å². The lowest BCUT2D eigenvalue weighted by molar-refractivity contribution is 0.121. The SMILES string of the molecule is COC(=O)Oc1c(-c2ccccn2)c(=O)n2ccccc2c1Cl. The smallest absolute Gasteiger partial charge is 0.437 e. The molecule has 3 aromatic heterocycles. The van der Waals surface area contributed by atoms with E-state index in [1.165, 1.54) is 17.7 Å². The van der Waals surface area contributed by atoms with Crippen molar-refractivity contribution < 1.29 is 14.3 Å². The fourth-order valence-corrected chi connectivity index (χ4v) is 2.49. The van der Waals surface area contributed by atoms with Crippen molar-refractivity contribution in [2.24, 2.45) is 0 Å². The fourth-order valence-electron chi connectivity index (χ4n) is 2.20. The van der Waals surface area contributed by atoms with E-state index in [1.807, 2.05) is 0 Å². The predicted molar refractivity (Wildman–Crippen MR) is 84.9 cm³/mol. The Labute approximate surface area is 135 Å². The van der Waals surface area contributed by atoms with E-state index in [0.29, 0.717) is 11.2 Å². The molecule has 0 amide bonds. The molecule has 0 aliphatic rings. The summed E-state index contributed by atoms with van der Waals surface area (Å²) in [4.78, 5) is 28.5. The van der Waals surface area contributed by atoms with Gasteiger partial charge in [-0.05, 0) is 24.3 Å². The second-order valence-corrected chi connectivity index (χ2v) is 4.93. The molecule has 6 nitrogen and oxygen atoms in total. The average Bonchev–Trinajstić information content (AvgIpc) is 2.60. The summed E-state index contributed by atoms with van der Waals surface area (Å²) in [6.45, 7) is 0. The van der Waals surface area contributed by atoms with Crippen LogP contribution in [0.15, 0.2) is 53.6 Å². The normalized spacial score (nSPS) is 10.5. The molecule has 0 N–H and O–H groups in total. The Balaban J connectivity index is 2.40. The third-order valence-corrected chi connectivity index (χ3v) is 3.58. The van der Waals surface area contributed by atoms with Crippen molar-refractivity contribution in [2.45, 2.75) is 0 Å². The molecule has 0 fully saturated rings. The molecule has 7 heteroatoms. The minimum Gasteiger partial charge on any atom is -0.437 e. The van der Waals surface area contributed by atoms with Gasteiger partial charge in [0.25, 0.3) is 5.56 Å². The first-order valence-electron chi connectivity index (χ1n) is 6.63. The first kappa shape index (κ1) is 15.1. The summed E-state index contributed by atoms with van der Waals surface area (Å²) < 4.78 is 11.0. The molecule has 0 saturated heterocycles. The highest BCUT2D eigenvalue weighted by Gasteiger charge is 2.22. The molecule has 0 radical (unpaired) electrons. The lowest BCUT2D eigenvalue weighted by atomic mass is 10.1. The van der Waals surface area contributed by atoms with Gasteiger partial charge in [-0.15, -0.1) is 0 Å². The molecule has 3 aromatic rings. The van der Waals surface area contributed by atoms with Gasteiger partial charge < -0.3 is 9.47 Å². The molecular weight excluding hydrogens is 320 g/mol. The summed E-state index contributed by atoms with van der Waals surface area (Å²) in [5, 5.41) is 0.122. The van der Waals surface area contributed by atoms with Crippen molar-refractivity contribution in [1.82, 2.24) is 9.38 Å². The Bertz CT molecular complexity index is 938. The van der Waals surface area contributed by atoms with Crippen LogP contribution < -0.4 is 10.3 Å². The Morgan fingerprint density at radius 2 is 2.00 bits per heavy atom. The zero-order valence-electron chi connectivity index (χ0n) is 12.0. The average molecular weight is 331 g/mol. The molecule has 0 aromatic carbocycles. The highest BCUT2D eigenvalue weighted by Crippen LogP contribution is 2.35. The number of hydrogen-bond acceptors (Lipinski definition) is 5. The molecule has 0 saturated carbocycles. The number of fused-ring (bicyclic) bond motifs is 1. The number of pyridine rings is 3. The van der Waals surface area contributed by atoms with Crippen molar-refractivity contribution in [2.75, 3.05) is 7.11 Å². The van der Waals surface area contributed by atoms with E-state index < -0.39 is 11.7 Å². The van der Waals surface area contributed by atoms with Crippen LogP contribution in [-0.4, -0.2) is 22.6 Å². The maximum Gasteiger partial charge on any atom is 0.513 e. The van der Waals surface area contributed by atoms with Crippen LogP contribution in [0, 0.1) is 0 Å². The number of nitrogens with zero attached hydrogens (tertiary/aromatic N) is 2. The van der Waals surface area contributed by atoms with Crippen molar-refractivity contribution in [3.8, 4) is 17.0 Å². The number of carbonyl (C=O) groups is 1. The molecule has 0 unspecified atom stereocenters. The Hall–Kier alpha value is -2.86. The standard InChI is InChI=1S/C16H11ClN2O4/c1-22-16(21)23-14-12(10-6-2-4-8-18-10)15(20)19-9-5-3-7-11(19)13(14)17/h2-9H,1H3. The van der Waals surface area contributed by atoms with Crippen molar-refractivity contribution in [3.63, 3.8) is 0 Å². The van der Waals surface area contributed by atoms with Crippen LogP contribution in [0.1, 0.15) is 0 Å². The molecule has 0 atom stereocenters. The maximum atomic E-state index is 12.8. The van der Waals surface area contributed by atoms with Crippen LogP contribution in [0.4, 0.5) is 4.79 Å². The highest BCUT2D eigenvalue weighted by atomic mass is 35.5. The second kappa shape index (κ2) is 6.10. The van der Waals surface area contributed by atoms with Gasteiger partial charge in [-0.2, -0.15) is 0 Å². The Morgan fingerprint density at radius 3 is 2.70 bits per heavy atom. The summed E-state index contributed by atoms with van der Waals surface area (Å²) in [6, 6.07) is 10.1. The molecule has 23 heavy (non-hydrogen) atoms. The number of rotatable bonds is 2. The second-order valence-electron chi connectivity index (χ2n) is 4.55. The van der Waals surface area contributed by atoms with Gasteiger partial charge in [0.15, 0.2) is 5.75 Å². The third-order valence-electron chi connectivity index (χ3n) is 3.22. The molecule has 116 valence electrons. The van der Waals surface area contributed by atoms with Gasteiger partial charge in [0.1, 0.15) is 10.6 Å². The number of halogens is 1. The van der Waals surface area contributed by atoms with E-state index in [4.69, 9.17) is 16.3 Å². The van der Waals surface area contributed by atoms with Crippen LogP contribution in [0.5, 0.6) is 5.75 Å². The first-order chi connectivity index (χ1) is 11.1. The van der Waals surface area contributed by atoms with Gasteiger partial charge >= 0.3 is 6.16 Å². The van der Waals surface area contributed by atoms with Gasteiger partial charge in [0, 0.05) is 12.4 Å². The number of hydrogen-bond donors (Lipinski definition) is 0. The van der Waals surface area contributed by atoms with Gasteiger partial charge in [-0.1, -0.05) is 23.7 Å². The van der Waals surface area contributed by atoms with Gasteiger partial charge in [-0.3, -0.25) is 14.2 Å². The predicted octanol–water partition coefficient (Wildman–Crippen LogP) is 3.16. The summed E-state index contributed by atoms with van der Waals surface area (Å²) in [6.07, 6.45) is 2.14. The minimum atomic E-state index is -0.969. The highest BCUT2D eigenvalue weighted by molar-refractivity contribution is 6.36. The molecule has 0 bridgehead atoms. The van der Waals surface area contributed by atoms with E-state index in [9.17, 15) is 9.59 Å². The lowest BCUT2D eigenvalue weighted by Gasteiger charge is -2.13. The minimum absolute atomic E-state index is 0.0755.